The number of hydrogen-bond donors (Lipinski definition) is 3. The normalized spacial score (nSPS) is 13.8. The number of nitrogens with zero attached hydrogens (tertiary/aromatic N) is 3. The van der Waals surface area contributed by atoms with Gasteiger partial charge in [0.15, 0.2) is 0 Å². The summed E-state index contributed by atoms with van der Waals surface area (Å²) < 4.78 is 6.96. The Balaban J connectivity index is 1.42. The number of carbonyl (C=O) groups is 2. The molecule has 4 rings (SSSR count). The number of hydrogen-bond acceptors (Lipinski definition) is 7. The van der Waals surface area contributed by atoms with E-state index < -0.39 is 5.91 Å². The zero-order valence-electron chi connectivity index (χ0n) is 16.1. The number of aromatic nitrogens is 2. The number of hydroxylamine groups is 1. The van der Waals surface area contributed by atoms with E-state index >= 15 is 0 Å². The number of rotatable bonds is 6. The maximum Gasteiger partial charge on any atom is 0.284 e. The van der Waals surface area contributed by atoms with Gasteiger partial charge in [-0.25, -0.2) is 5.48 Å². The first-order chi connectivity index (χ1) is 14.6. The highest BCUT2D eigenvalue weighted by Crippen LogP contribution is 2.28. The molecule has 0 saturated carbocycles. The molecule has 1 aromatic carbocycles. The lowest BCUT2D eigenvalue weighted by molar-refractivity contribution is -0.116. The van der Waals surface area contributed by atoms with E-state index in [1.54, 1.807) is 34.6 Å². The molecule has 1 fully saturated rings. The average Bonchev–Trinajstić information content (AvgIpc) is 3.44. The Labute approximate surface area is 176 Å². The van der Waals surface area contributed by atoms with Crippen molar-refractivity contribution in [3.63, 3.8) is 0 Å². The van der Waals surface area contributed by atoms with Crippen molar-refractivity contribution in [2.45, 2.75) is 6.54 Å². The van der Waals surface area contributed by atoms with Gasteiger partial charge in [-0.15, -0.1) is 11.3 Å². The van der Waals surface area contributed by atoms with Gasteiger partial charge in [-0.3, -0.25) is 19.5 Å². The SMILES string of the molecule is O=C(Cn1ccc(-c2ccc(C(=O)NO)s2)n1)Nc1ccccc1N1CCOCC1. The molecule has 1 aliphatic heterocycles. The van der Waals surface area contributed by atoms with Crippen molar-refractivity contribution in [1.29, 1.82) is 0 Å². The molecule has 3 heterocycles. The predicted molar refractivity (Wildman–Crippen MR) is 113 cm³/mol. The summed E-state index contributed by atoms with van der Waals surface area (Å²) in [5.41, 5.74) is 4.00. The van der Waals surface area contributed by atoms with Crippen LogP contribution in [-0.4, -0.2) is 53.1 Å². The third-order valence-corrected chi connectivity index (χ3v) is 5.77. The van der Waals surface area contributed by atoms with Crippen LogP contribution in [0.15, 0.2) is 48.7 Å². The van der Waals surface area contributed by atoms with Crippen molar-refractivity contribution in [3.8, 4) is 10.6 Å². The number of thiophene rings is 1. The van der Waals surface area contributed by atoms with Crippen molar-refractivity contribution in [3.05, 3.63) is 53.5 Å². The Morgan fingerprint density at radius 3 is 2.73 bits per heavy atom. The van der Waals surface area contributed by atoms with Crippen molar-refractivity contribution >= 4 is 34.5 Å². The second kappa shape index (κ2) is 9.08. The van der Waals surface area contributed by atoms with E-state index in [1.807, 2.05) is 24.3 Å². The Morgan fingerprint density at radius 1 is 1.13 bits per heavy atom. The van der Waals surface area contributed by atoms with Crippen molar-refractivity contribution < 1.29 is 19.5 Å². The fraction of sp³-hybridized carbons (Fsp3) is 0.250. The smallest absolute Gasteiger partial charge is 0.284 e. The van der Waals surface area contributed by atoms with E-state index in [0.717, 1.165) is 29.3 Å². The van der Waals surface area contributed by atoms with E-state index in [1.165, 1.54) is 11.3 Å². The Hall–Kier alpha value is -3.21. The molecule has 3 N–H and O–H groups in total. The first-order valence-corrected chi connectivity index (χ1v) is 10.3. The van der Waals surface area contributed by atoms with E-state index in [2.05, 4.69) is 15.3 Å². The van der Waals surface area contributed by atoms with Crippen molar-refractivity contribution in [2.24, 2.45) is 0 Å². The molecule has 30 heavy (non-hydrogen) atoms. The number of anilines is 2. The molecule has 0 spiro atoms. The molecule has 156 valence electrons. The highest BCUT2D eigenvalue weighted by atomic mass is 32.1. The number of benzene rings is 1. The van der Waals surface area contributed by atoms with Crippen LogP contribution in [-0.2, 0) is 16.1 Å². The molecule has 3 aromatic rings. The lowest BCUT2D eigenvalue weighted by Crippen LogP contribution is -2.36. The minimum atomic E-state index is -0.566. The van der Waals surface area contributed by atoms with Gasteiger partial charge in [-0.1, -0.05) is 12.1 Å². The van der Waals surface area contributed by atoms with Crippen molar-refractivity contribution in [2.75, 3.05) is 36.5 Å². The summed E-state index contributed by atoms with van der Waals surface area (Å²) in [6, 6.07) is 12.9. The predicted octanol–water partition coefficient (Wildman–Crippen LogP) is 2.21. The van der Waals surface area contributed by atoms with Gasteiger partial charge in [0.25, 0.3) is 5.91 Å². The topological polar surface area (TPSA) is 109 Å². The molecule has 0 unspecified atom stereocenters. The highest BCUT2D eigenvalue weighted by molar-refractivity contribution is 7.17. The molecular formula is C20H21N5O4S. The van der Waals surface area contributed by atoms with Crippen LogP contribution >= 0.6 is 11.3 Å². The van der Waals surface area contributed by atoms with Gasteiger partial charge >= 0.3 is 0 Å². The van der Waals surface area contributed by atoms with Crippen LogP contribution in [0.5, 0.6) is 0 Å². The van der Waals surface area contributed by atoms with Gasteiger partial charge < -0.3 is 15.0 Å². The van der Waals surface area contributed by atoms with Crippen LogP contribution in [0.3, 0.4) is 0 Å². The maximum absolute atomic E-state index is 12.6. The molecule has 1 saturated heterocycles. The van der Waals surface area contributed by atoms with Gasteiger partial charge in [-0.05, 0) is 30.3 Å². The zero-order valence-corrected chi connectivity index (χ0v) is 16.9. The molecule has 9 nitrogen and oxygen atoms in total. The summed E-state index contributed by atoms with van der Waals surface area (Å²) in [6.07, 6.45) is 1.72. The standard InChI is InChI=1S/C20H21N5O4S/c26-19(21-14-3-1-2-4-16(14)24-9-11-29-12-10-24)13-25-8-7-15(22-25)17-5-6-18(30-17)20(27)23-28/h1-8,28H,9-13H2,(H,21,26)(H,23,27). The summed E-state index contributed by atoms with van der Waals surface area (Å²) in [5.74, 6) is -0.749. The highest BCUT2D eigenvalue weighted by Gasteiger charge is 2.16. The third kappa shape index (κ3) is 4.51. The number of morpholine rings is 1. The van der Waals surface area contributed by atoms with Crippen LogP contribution in [0.4, 0.5) is 11.4 Å². The summed E-state index contributed by atoms with van der Waals surface area (Å²) in [5, 5.41) is 16.1. The van der Waals surface area contributed by atoms with Crippen LogP contribution in [0.1, 0.15) is 9.67 Å². The Morgan fingerprint density at radius 2 is 1.93 bits per heavy atom. The molecular weight excluding hydrogens is 406 g/mol. The minimum Gasteiger partial charge on any atom is -0.378 e. The van der Waals surface area contributed by atoms with Gasteiger partial charge in [0, 0.05) is 19.3 Å². The van der Waals surface area contributed by atoms with E-state index in [0.29, 0.717) is 23.8 Å². The van der Waals surface area contributed by atoms with Gasteiger partial charge in [0.1, 0.15) is 12.2 Å². The summed E-state index contributed by atoms with van der Waals surface area (Å²) in [6.45, 7) is 2.97. The van der Waals surface area contributed by atoms with Gasteiger partial charge in [0.05, 0.1) is 34.3 Å². The van der Waals surface area contributed by atoms with Crippen LogP contribution in [0.25, 0.3) is 10.6 Å². The molecule has 0 radical (unpaired) electrons. The molecule has 0 aliphatic carbocycles. The van der Waals surface area contributed by atoms with Gasteiger partial charge in [-0.2, -0.15) is 5.10 Å². The van der Waals surface area contributed by atoms with Crippen LogP contribution in [0.2, 0.25) is 0 Å². The fourth-order valence-electron chi connectivity index (χ4n) is 3.23. The van der Waals surface area contributed by atoms with E-state index in [4.69, 9.17) is 9.94 Å². The summed E-state index contributed by atoms with van der Waals surface area (Å²) in [4.78, 5) is 27.4. The second-order valence-electron chi connectivity index (χ2n) is 6.67. The average molecular weight is 427 g/mol. The number of amides is 2. The largest absolute Gasteiger partial charge is 0.378 e. The Kier molecular flexibility index (Phi) is 6.07. The molecule has 10 heteroatoms. The first kappa shape index (κ1) is 20.1. The minimum absolute atomic E-state index is 0.0623. The Bertz CT molecular complexity index is 1040. The fourth-order valence-corrected chi connectivity index (χ4v) is 4.09. The molecule has 1 aliphatic rings. The lowest BCUT2D eigenvalue weighted by Gasteiger charge is -2.30. The number of carbonyl (C=O) groups excluding carboxylic acids is 2. The zero-order chi connectivity index (χ0) is 20.9. The third-order valence-electron chi connectivity index (χ3n) is 4.66. The number of ether oxygens (including phenoxy) is 1. The van der Waals surface area contributed by atoms with E-state index in [-0.39, 0.29) is 12.5 Å². The summed E-state index contributed by atoms with van der Waals surface area (Å²) in [7, 11) is 0. The quantitative estimate of drug-likeness (QED) is 0.411. The molecule has 0 bridgehead atoms. The monoisotopic (exact) mass is 427 g/mol. The molecule has 2 amide bonds. The number of para-hydroxylation sites is 2. The van der Waals surface area contributed by atoms with Crippen LogP contribution in [0, 0.1) is 0 Å². The van der Waals surface area contributed by atoms with Crippen molar-refractivity contribution in [1.82, 2.24) is 15.3 Å². The molecule has 2 aromatic heterocycles. The lowest BCUT2D eigenvalue weighted by atomic mass is 10.2. The molecule has 0 atom stereocenters. The first-order valence-electron chi connectivity index (χ1n) is 9.44. The number of nitrogens with one attached hydrogen (secondary N) is 2. The second-order valence-corrected chi connectivity index (χ2v) is 7.75. The van der Waals surface area contributed by atoms with E-state index in [9.17, 15) is 9.59 Å². The summed E-state index contributed by atoms with van der Waals surface area (Å²) >= 11 is 1.21. The van der Waals surface area contributed by atoms with Crippen LogP contribution < -0.4 is 15.7 Å². The maximum atomic E-state index is 12.6. The van der Waals surface area contributed by atoms with Gasteiger partial charge in [0.2, 0.25) is 5.91 Å².